The molecule has 0 aromatic heterocycles. The predicted octanol–water partition coefficient (Wildman–Crippen LogP) is 4.92. The van der Waals surface area contributed by atoms with Crippen LogP contribution < -0.4 is 0 Å². The number of halogens is 1. The summed E-state index contributed by atoms with van der Waals surface area (Å²) in [5.74, 6) is 0.967. The molecule has 0 N–H and O–H groups in total. The largest absolute Gasteiger partial charge is 0.118 e. The molecule has 86 valence electrons. The van der Waals surface area contributed by atoms with Gasteiger partial charge < -0.3 is 0 Å². The normalized spacial score (nSPS) is 31.7. The molecular formula is C14H23Cl. The van der Waals surface area contributed by atoms with Crippen LogP contribution in [0.3, 0.4) is 0 Å². The van der Waals surface area contributed by atoms with E-state index in [2.05, 4.69) is 19.9 Å². The summed E-state index contributed by atoms with van der Waals surface area (Å²) < 4.78 is 0. The molecule has 0 aromatic rings. The standard InChI is InChI=1S/C14H23Cl/c1-14(2)9-12(8-13(15)10-14)7-11-5-3-4-6-11/h8,11,13H,3-7,9-10H2,1-2H3. The summed E-state index contributed by atoms with van der Waals surface area (Å²) in [5.41, 5.74) is 2.06. The van der Waals surface area contributed by atoms with E-state index in [0.29, 0.717) is 5.41 Å². The van der Waals surface area contributed by atoms with E-state index in [1.165, 1.54) is 38.5 Å². The van der Waals surface area contributed by atoms with Crippen LogP contribution in [0.5, 0.6) is 0 Å². The molecule has 0 spiro atoms. The Morgan fingerprint density at radius 2 is 2.00 bits per heavy atom. The van der Waals surface area contributed by atoms with Crippen LogP contribution in [-0.4, -0.2) is 5.38 Å². The van der Waals surface area contributed by atoms with Gasteiger partial charge in [0.25, 0.3) is 0 Å². The molecule has 2 aliphatic rings. The average Bonchev–Trinajstić information content (AvgIpc) is 2.52. The van der Waals surface area contributed by atoms with Crippen molar-refractivity contribution >= 4 is 11.6 Å². The second kappa shape index (κ2) is 4.49. The van der Waals surface area contributed by atoms with Gasteiger partial charge in [0.1, 0.15) is 0 Å². The average molecular weight is 227 g/mol. The summed E-state index contributed by atoms with van der Waals surface area (Å²) >= 11 is 6.30. The molecule has 0 nitrogen and oxygen atoms in total. The molecule has 0 aliphatic heterocycles. The number of alkyl halides is 1. The Bertz CT molecular complexity index is 246. The highest BCUT2D eigenvalue weighted by Crippen LogP contribution is 2.41. The van der Waals surface area contributed by atoms with E-state index in [-0.39, 0.29) is 5.38 Å². The predicted molar refractivity (Wildman–Crippen MR) is 67.3 cm³/mol. The van der Waals surface area contributed by atoms with Gasteiger partial charge in [-0.3, -0.25) is 0 Å². The first-order valence-electron chi connectivity index (χ1n) is 6.39. The van der Waals surface area contributed by atoms with Gasteiger partial charge in [-0.2, -0.15) is 0 Å². The van der Waals surface area contributed by atoms with Crippen molar-refractivity contribution in [2.75, 3.05) is 0 Å². The monoisotopic (exact) mass is 226 g/mol. The first-order chi connectivity index (χ1) is 7.05. The molecule has 0 saturated heterocycles. The molecule has 0 bridgehead atoms. The van der Waals surface area contributed by atoms with E-state index >= 15 is 0 Å². The third kappa shape index (κ3) is 3.24. The molecule has 1 fully saturated rings. The van der Waals surface area contributed by atoms with Crippen LogP contribution in [0.15, 0.2) is 11.6 Å². The third-order valence-corrected chi connectivity index (χ3v) is 4.18. The Labute approximate surface area is 99.1 Å². The molecule has 0 heterocycles. The highest BCUT2D eigenvalue weighted by Gasteiger charge is 2.29. The van der Waals surface area contributed by atoms with Crippen molar-refractivity contribution < 1.29 is 0 Å². The zero-order valence-electron chi connectivity index (χ0n) is 10.1. The van der Waals surface area contributed by atoms with Gasteiger partial charge in [-0.15, -0.1) is 11.6 Å². The van der Waals surface area contributed by atoms with Gasteiger partial charge in [0, 0.05) is 0 Å². The summed E-state index contributed by atoms with van der Waals surface area (Å²) in [5, 5.41) is 0.283. The highest BCUT2D eigenvalue weighted by molar-refractivity contribution is 6.21. The first-order valence-corrected chi connectivity index (χ1v) is 6.82. The van der Waals surface area contributed by atoms with Crippen LogP contribution >= 0.6 is 11.6 Å². The van der Waals surface area contributed by atoms with Crippen LogP contribution in [0, 0.1) is 11.3 Å². The second-order valence-corrected chi connectivity index (χ2v) is 6.80. The van der Waals surface area contributed by atoms with Crippen molar-refractivity contribution in [3.8, 4) is 0 Å². The maximum Gasteiger partial charge on any atom is 0.0523 e. The highest BCUT2D eigenvalue weighted by atomic mass is 35.5. The van der Waals surface area contributed by atoms with Crippen molar-refractivity contribution in [2.24, 2.45) is 11.3 Å². The van der Waals surface area contributed by atoms with Crippen LogP contribution in [0.25, 0.3) is 0 Å². The van der Waals surface area contributed by atoms with E-state index in [1.54, 1.807) is 5.57 Å². The van der Waals surface area contributed by atoms with Crippen molar-refractivity contribution in [1.29, 1.82) is 0 Å². The zero-order valence-corrected chi connectivity index (χ0v) is 10.8. The quantitative estimate of drug-likeness (QED) is 0.463. The minimum atomic E-state index is 0.283. The van der Waals surface area contributed by atoms with Crippen LogP contribution in [-0.2, 0) is 0 Å². The lowest BCUT2D eigenvalue weighted by Crippen LogP contribution is -2.22. The van der Waals surface area contributed by atoms with Crippen molar-refractivity contribution in [1.82, 2.24) is 0 Å². The summed E-state index contributed by atoms with van der Waals surface area (Å²) in [4.78, 5) is 0. The molecule has 15 heavy (non-hydrogen) atoms. The maximum atomic E-state index is 6.30. The molecule has 1 atom stereocenters. The SMILES string of the molecule is CC1(C)CC(CC2CCCC2)=CC(Cl)C1. The Morgan fingerprint density at radius 3 is 2.60 bits per heavy atom. The zero-order chi connectivity index (χ0) is 10.9. The fourth-order valence-electron chi connectivity index (χ4n) is 3.31. The lowest BCUT2D eigenvalue weighted by atomic mass is 9.75. The Morgan fingerprint density at radius 1 is 1.33 bits per heavy atom. The summed E-state index contributed by atoms with van der Waals surface area (Å²) in [6, 6.07) is 0. The van der Waals surface area contributed by atoms with E-state index in [4.69, 9.17) is 11.6 Å². The number of rotatable bonds is 2. The fraction of sp³-hybridized carbons (Fsp3) is 0.857. The first kappa shape index (κ1) is 11.5. The smallest absolute Gasteiger partial charge is 0.0523 e. The Hall–Kier alpha value is 0.0300. The lowest BCUT2D eigenvalue weighted by Gasteiger charge is -2.33. The Kier molecular flexibility index (Phi) is 3.45. The minimum Gasteiger partial charge on any atom is -0.118 e. The molecule has 1 unspecified atom stereocenters. The molecule has 0 radical (unpaired) electrons. The van der Waals surface area contributed by atoms with Gasteiger partial charge in [-0.25, -0.2) is 0 Å². The lowest BCUT2D eigenvalue weighted by molar-refractivity contribution is 0.312. The number of allylic oxidation sites excluding steroid dienone is 2. The summed E-state index contributed by atoms with van der Waals surface area (Å²) in [6.45, 7) is 4.70. The molecule has 2 aliphatic carbocycles. The van der Waals surface area contributed by atoms with Gasteiger partial charge in [0.15, 0.2) is 0 Å². The molecule has 2 rings (SSSR count). The van der Waals surface area contributed by atoms with Gasteiger partial charge >= 0.3 is 0 Å². The van der Waals surface area contributed by atoms with Gasteiger partial charge in [0.05, 0.1) is 5.38 Å². The fourth-order valence-corrected chi connectivity index (χ4v) is 3.91. The second-order valence-electron chi connectivity index (χ2n) is 6.24. The van der Waals surface area contributed by atoms with Gasteiger partial charge in [-0.05, 0) is 30.6 Å². The van der Waals surface area contributed by atoms with Gasteiger partial charge in [0.2, 0.25) is 0 Å². The van der Waals surface area contributed by atoms with E-state index in [0.717, 1.165) is 12.3 Å². The van der Waals surface area contributed by atoms with Crippen molar-refractivity contribution in [3.63, 3.8) is 0 Å². The number of hydrogen-bond donors (Lipinski definition) is 0. The number of hydrogen-bond acceptors (Lipinski definition) is 0. The molecule has 0 amide bonds. The molecule has 1 saturated carbocycles. The maximum absolute atomic E-state index is 6.30. The minimum absolute atomic E-state index is 0.283. The molecular weight excluding hydrogens is 204 g/mol. The van der Waals surface area contributed by atoms with E-state index < -0.39 is 0 Å². The van der Waals surface area contributed by atoms with Crippen molar-refractivity contribution in [2.45, 2.75) is 64.2 Å². The van der Waals surface area contributed by atoms with Crippen LogP contribution in [0.2, 0.25) is 0 Å². The third-order valence-electron chi connectivity index (χ3n) is 3.90. The molecule has 1 heteroatoms. The Balaban J connectivity index is 1.95. The van der Waals surface area contributed by atoms with Crippen molar-refractivity contribution in [3.05, 3.63) is 11.6 Å². The van der Waals surface area contributed by atoms with Crippen LogP contribution in [0.1, 0.15) is 58.8 Å². The van der Waals surface area contributed by atoms with Crippen LogP contribution in [0.4, 0.5) is 0 Å². The topological polar surface area (TPSA) is 0 Å². The van der Waals surface area contributed by atoms with Gasteiger partial charge in [-0.1, -0.05) is 51.2 Å². The van der Waals surface area contributed by atoms with E-state index in [1.807, 2.05) is 0 Å². The molecule has 0 aromatic carbocycles. The van der Waals surface area contributed by atoms with E-state index in [9.17, 15) is 0 Å². The summed E-state index contributed by atoms with van der Waals surface area (Å²) in [7, 11) is 0. The summed E-state index contributed by atoms with van der Waals surface area (Å²) in [6.07, 6.45) is 11.9.